The Morgan fingerprint density at radius 1 is 1.60 bits per heavy atom. The van der Waals surface area contributed by atoms with Crippen molar-refractivity contribution in [2.24, 2.45) is 5.92 Å². The van der Waals surface area contributed by atoms with Crippen LogP contribution in [0.4, 0.5) is 0 Å². The van der Waals surface area contributed by atoms with E-state index in [1.54, 1.807) is 0 Å². The fourth-order valence-electron chi connectivity index (χ4n) is 1.29. The van der Waals surface area contributed by atoms with Crippen LogP contribution in [-0.2, 0) is 11.3 Å². The average Bonchev–Trinajstić information content (AvgIpc) is 2.75. The molecule has 4 nitrogen and oxygen atoms in total. The molecule has 84 valence electrons. The van der Waals surface area contributed by atoms with Gasteiger partial charge in [-0.15, -0.1) is 0 Å². The van der Waals surface area contributed by atoms with Crippen molar-refractivity contribution in [3.05, 3.63) is 24.0 Å². The van der Waals surface area contributed by atoms with Crippen LogP contribution in [0.15, 0.2) is 18.5 Å². The van der Waals surface area contributed by atoms with Crippen molar-refractivity contribution < 1.29 is 4.79 Å². The molecule has 15 heavy (non-hydrogen) atoms. The molecule has 0 aliphatic heterocycles. The first-order valence-corrected chi connectivity index (χ1v) is 5.34. The molecule has 0 aliphatic rings. The predicted octanol–water partition coefficient (Wildman–Crippen LogP) is 0.876. The van der Waals surface area contributed by atoms with Crippen molar-refractivity contribution in [1.82, 2.24) is 15.6 Å². The fourth-order valence-corrected chi connectivity index (χ4v) is 1.29. The maximum Gasteiger partial charge on any atom is 0.224 e. The number of rotatable bonds is 6. The van der Waals surface area contributed by atoms with Crippen molar-refractivity contribution in [2.75, 3.05) is 13.1 Å². The summed E-state index contributed by atoms with van der Waals surface area (Å²) in [7, 11) is 0. The first-order valence-electron chi connectivity index (χ1n) is 5.34. The lowest BCUT2D eigenvalue weighted by Gasteiger charge is -2.11. The van der Waals surface area contributed by atoms with E-state index < -0.39 is 0 Å². The molecule has 1 aromatic heterocycles. The van der Waals surface area contributed by atoms with Crippen LogP contribution in [0.25, 0.3) is 0 Å². The minimum Gasteiger partial charge on any atom is -0.367 e. The van der Waals surface area contributed by atoms with E-state index in [0.717, 1.165) is 18.7 Å². The first kappa shape index (κ1) is 11.8. The summed E-state index contributed by atoms with van der Waals surface area (Å²) in [4.78, 5) is 14.5. The Morgan fingerprint density at radius 3 is 3.00 bits per heavy atom. The summed E-state index contributed by atoms with van der Waals surface area (Å²) >= 11 is 0. The van der Waals surface area contributed by atoms with Gasteiger partial charge in [-0.25, -0.2) is 0 Å². The van der Waals surface area contributed by atoms with Gasteiger partial charge in [0.05, 0.1) is 0 Å². The summed E-state index contributed by atoms with van der Waals surface area (Å²) in [5.41, 5.74) is 1.10. The van der Waals surface area contributed by atoms with E-state index in [-0.39, 0.29) is 11.8 Å². The zero-order valence-electron chi connectivity index (χ0n) is 9.34. The van der Waals surface area contributed by atoms with Crippen molar-refractivity contribution >= 4 is 5.91 Å². The topological polar surface area (TPSA) is 56.9 Å². The van der Waals surface area contributed by atoms with Crippen LogP contribution >= 0.6 is 0 Å². The molecule has 1 atom stereocenters. The zero-order valence-corrected chi connectivity index (χ0v) is 9.34. The number of carbonyl (C=O) groups excluding carboxylic acids is 1. The summed E-state index contributed by atoms with van der Waals surface area (Å²) in [6, 6.07) is 1.95. The molecule has 1 aromatic rings. The van der Waals surface area contributed by atoms with Gasteiger partial charge in [0.25, 0.3) is 0 Å². The van der Waals surface area contributed by atoms with E-state index in [0.29, 0.717) is 6.54 Å². The Hall–Kier alpha value is -1.29. The van der Waals surface area contributed by atoms with Crippen LogP contribution < -0.4 is 10.6 Å². The molecule has 1 unspecified atom stereocenters. The van der Waals surface area contributed by atoms with Gasteiger partial charge in [0.15, 0.2) is 0 Å². The molecule has 0 saturated heterocycles. The molecule has 3 N–H and O–H groups in total. The third-order valence-electron chi connectivity index (χ3n) is 2.28. The number of hydrogen-bond donors (Lipinski definition) is 3. The molecular formula is C11H19N3O. The molecule has 0 radical (unpaired) electrons. The maximum absolute atomic E-state index is 11.6. The van der Waals surface area contributed by atoms with Crippen molar-refractivity contribution in [2.45, 2.75) is 20.4 Å². The highest BCUT2D eigenvalue weighted by atomic mass is 16.1. The highest BCUT2D eigenvalue weighted by Crippen LogP contribution is 1.97. The minimum absolute atomic E-state index is 0.0175. The van der Waals surface area contributed by atoms with Crippen molar-refractivity contribution in [3.63, 3.8) is 0 Å². The average molecular weight is 209 g/mol. The Balaban J connectivity index is 2.23. The van der Waals surface area contributed by atoms with Crippen LogP contribution in [0.2, 0.25) is 0 Å². The molecule has 0 aliphatic carbocycles. The number of hydrogen-bond acceptors (Lipinski definition) is 2. The second kappa shape index (κ2) is 6.24. The number of aromatic nitrogens is 1. The van der Waals surface area contributed by atoms with Crippen LogP contribution in [0.3, 0.4) is 0 Å². The summed E-state index contributed by atoms with van der Waals surface area (Å²) < 4.78 is 0. The zero-order chi connectivity index (χ0) is 11.1. The Bertz CT molecular complexity index is 282. The number of nitrogens with one attached hydrogen (secondary N) is 3. The highest BCUT2D eigenvalue weighted by Gasteiger charge is 2.11. The van der Waals surface area contributed by atoms with Gasteiger partial charge < -0.3 is 15.6 Å². The van der Waals surface area contributed by atoms with Crippen LogP contribution in [0.1, 0.15) is 19.4 Å². The third-order valence-corrected chi connectivity index (χ3v) is 2.28. The van der Waals surface area contributed by atoms with Gasteiger partial charge in [-0.3, -0.25) is 4.79 Å². The monoisotopic (exact) mass is 209 g/mol. The normalized spacial score (nSPS) is 12.4. The predicted molar refractivity (Wildman–Crippen MR) is 60.3 cm³/mol. The van der Waals surface area contributed by atoms with Gasteiger partial charge in [0.2, 0.25) is 5.91 Å². The van der Waals surface area contributed by atoms with E-state index in [2.05, 4.69) is 15.6 Å². The van der Waals surface area contributed by atoms with Crippen LogP contribution in [0.5, 0.6) is 0 Å². The lowest BCUT2D eigenvalue weighted by molar-refractivity contribution is -0.124. The Morgan fingerprint density at radius 2 is 2.40 bits per heavy atom. The van der Waals surface area contributed by atoms with E-state index in [4.69, 9.17) is 0 Å². The lowest BCUT2D eigenvalue weighted by atomic mass is 10.1. The Kier molecular flexibility index (Phi) is 4.90. The summed E-state index contributed by atoms with van der Waals surface area (Å²) in [6.07, 6.45) is 3.73. The van der Waals surface area contributed by atoms with Crippen LogP contribution in [-0.4, -0.2) is 24.0 Å². The smallest absolute Gasteiger partial charge is 0.224 e. The van der Waals surface area contributed by atoms with Gasteiger partial charge in [-0.1, -0.05) is 13.8 Å². The maximum atomic E-state index is 11.6. The minimum atomic E-state index is 0.0175. The molecule has 0 saturated carbocycles. The van der Waals surface area contributed by atoms with Gasteiger partial charge >= 0.3 is 0 Å². The quantitative estimate of drug-likeness (QED) is 0.651. The van der Waals surface area contributed by atoms with Gasteiger partial charge in [-0.05, 0) is 18.2 Å². The van der Waals surface area contributed by atoms with Gasteiger partial charge in [0, 0.05) is 31.4 Å². The van der Waals surface area contributed by atoms with Crippen molar-refractivity contribution in [1.29, 1.82) is 0 Å². The SMILES string of the molecule is CCNCC(C)C(=O)NCc1cc[nH]c1. The van der Waals surface area contributed by atoms with Crippen molar-refractivity contribution in [3.8, 4) is 0 Å². The third kappa shape index (κ3) is 4.16. The van der Waals surface area contributed by atoms with Gasteiger partial charge in [0.1, 0.15) is 0 Å². The number of carbonyl (C=O) groups is 1. The van der Waals surface area contributed by atoms with E-state index in [1.807, 2.05) is 32.3 Å². The number of amides is 1. The summed E-state index contributed by atoms with van der Waals surface area (Å²) in [6.45, 7) is 6.18. The second-order valence-electron chi connectivity index (χ2n) is 3.65. The molecule has 0 bridgehead atoms. The van der Waals surface area contributed by atoms with E-state index in [1.165, 1.54) is 0 Å². The lowest BCUT2D eigenvalue weighted by Crippen LogP contribution is -2.34. The molecule has 0 spiro atoms. The standard InChI is InChI=1S/C11H19N3O/c1-3-12-6-9(2)11(15)14-8-10-4-5-13-7-10/h4-5,7,9,12-13H,3,6,8H2,1-2H3,(H,14,15). The molecule has 4 heteroatoms. The number of H-pyrrole nitrogens is 1. The highest BCUT2D eigenvalue weighted by molar-refractivity contribution is 5.78. The molecule has 0 fully saturated rings. The summed E-state index contributed by atoms with van der Waals surface area (Å²) in [5.74, 6) is 0.112. The number of aromatic amines is 1. The van der Waals surface area contributed by atoms with Gasteiger partial charge in [-0.2, -0.15) is 0 Å². The van der Waals surface area contributed by atoms with Crippen LogP contribution in [0, 0.1) is 5.92 Å². The van der Waals surface area contributed by atoms with E-state index in [9.17, 15) is 4.79 Å². The largest absolute Gasteiger partial charge is 0.367 e. The Labute approximate surface area is 90.5 Å². The van der Waals surface area contributed by atoms with E-state index >= 15 is 0 Å². The second-order valence-corrected chi connectivity index (χ2v) is 3.65. The molecule has 0 aromatic carbocycles. The summed E-state index contributed by atoms with van der Waals surface area (Å²) in [5, 5.41) is 6.05. The molecular weight excluding hydrogens is 190 g/mol. The molecule has 1 heterocycles. The fraction of sp³-hybridized carbons (Fsp3) is 0.545. The molecule has 1 amide bonds. The molecule has 1 rings (SSSR count). The first-order chi connectivity index (χ1) is 7.24.